The fraction of sp³-hybridized carbons (Fsp3) is 0.259. The lowest BCUT2D eigenvalue weighted by Crippen LogP contribution is -2.36. The Bertz CT molecular complexity index is 1270. The summed E-state index contributed by atoms with van der Waals surface area (Å²) in [6.45, 7) is 5.35. The van der Waals surface area contributed by atoms with E-state index in [1.165, 1.54) is 11.8 Å². The predicted octanol–water partition coefficient (Wildman–Crippen LogP) is 4.86. The maximum absolute atomic E-state index is 13.0. The Morgan fingerprint density at radius 3 is 2.34 bits per heavy atom. The SMILES string of the molecule is COc1ccc(-n2c(C)ccc2/C=C2\SC(=Nc3ccc(N4CCOCC4)cc3)N(C)C2=O)cc1. The number of methoxy groups -OCH3 is 1. The number of likely N-dealkylation sites (N-methyl/N-ethyl adjacent to an activating group) is 1. The van der Waals surface area contributed by atoms with Crippen molar-refractivity contribution in [3.63, 3.8) is 0 Å². The molecule has 8 heteroatoms. The molecular weight excluding hydrogens is 460 g/mol. The van der Waals surface area contributed by atoms with E-state index < -0.39 is 0 Å². The molecule has 2 aliphatic heterocycles. The highest BCUT2D eigenvalue weighted by Crippen LogP contribution is 2.34. The van der Waals surface area contributed by atoms with Gasteiger partial charge in [-0.25, -0.2) is 4.99 Å². The normalized spacial score (nSPS) is 18.7. The van der Waals surface area contributed by atoms with Crippen LogP contribution in [0.3, 0.4) is 0 Å². The summed E-state index contributed by atoms with van der Waals surface area (Å²) >= 11 is 1.40. The first kappa shape index (κ1) is 23.3. The van der Waals surface area contributed by atoms with Gasteiger partial charge in [-0.2, -0.15) is 0 Å². The van der Waals surface area contributed by atoms with Crippen LogP contribution in [0.25, 0.3) is 11.8 Å². The molecule has 2 saturated heterocycles. The fourth-order valence-corrected chi connectivity index (χ4v) is 5.18. The third kappa shape index (κ3) is 4.85. The maximum Gasteiger partial charge on any atom is 0.266 e. The van der Waals surface area contributed by atoms with Gasteiger partial charge >= 0.3 is 0 Å². The van der Waals surface area contributed by atoms with Crippen molar-refractivity contribution in [1.29, 1.82) is 0 Å². The molecule has 2 fully saturated rings. The summed E-state index contributed by atoms with van der Waals surface area (Å²) in [6.07, 6.45) is 1.94. The number of hydrogen-bond donors (Lipinski definition) is 0. The number of morpholine rings is 1. The molecule has 0 atom stereocenters. The minimum atomic E-state index is -0.0566. The van der Waals surface area contributed by atoms with Crippen molar-refractivity contribution in [1.82, 2.24) is 9.47 Å². The third-order valence-corrected chi connectivity index (χ3v) is 7.23. The van der Waals surface area contributed by atoms with Crippen molar-refractivity contribution < 1.29 is 14.3 Å². The van der Waals surface area contributed by atoms with Crippen molar-refractivity contribution in [2.75, 3.05) is 45.4 Å². The molecule has 0 radical (unpaired) electrons. The first-order chi connectivity index (χ1) is 17.0. The van der Waals surface area contributed by atoms with Crippen molar-refractivity contribution in [2.45, 2.75) is 6.92 Å². The van der Waals surface area contributed by atoms with Gasteiger partial charge in [0.05, 0.1) is 30.9 Å². The van der Waals surface area contributed by atoms with Crippen molar-refractivity contribution in [2.24, 2.45) is 4.99 Å². The van der Waals surface area contributed by atoms with Crippen molar-refractivity contribution >= 4 is 40.3 Å². The summed E-state index contributed by atoms with van der Waals surface area (Å²) in [6, 6.07) is 20.1. The number of carbonyl (C=O) groups is 1. The highest BCUT2D eigenvalue weighted by molar-refractivity contribution is 8.18. The standard InChI is InChI=1S/C27H28N4O3S/c1-19-4-7-23(31(19)22-10-12-24(33-3)13-11-22)18-25-26(32)29(2)27(35-25)28-20-5-8-21(9-6-20)30-14-16-34-17-15-30/h4-13,18H,14-17H2,1-3H3/b25-18-,28-27?. The fourth-order valence-electron chi connectivity index (χ4n) is 4.21. The van der Waals surface area contributed by atoms with Crippen LogP contribution in [0.5, 0.6) is 5.75 Å². The Balaban J connectivity index is 1.38. The molecule has 0 N–H and O–H groups in total. The number of aliphatic imine (C=N–C) groups is 1. The lowest BCUT2D eigenvalue weighted by Gasteiger charge is -2.28. The van der Waals surface area contributed by atoms with Gasteiger partial charge in [0.15, 0.2) is 5.17 Å². The van der Waals surface area contributed by atoms with Gasteiger partial charge in [0.25, 0.3) is 5.91 Å². The van der Waals surface area contributed by atoms with E-state index in [1.807, 2.05) is 48.5 Å². The zero-order chi connectivity index (χ0) is 24.4. The molecule has 1 amide bonds. The summed E-state index contributed by atoms with van der Waals surface area (Å²) < 4.78 is 12.8. The number of benzene rings is 2. The topological polar surface area (TPSA) is 59.3 Å². The Morgan fingerprint density at radius 2 is 1.66 bits per heavy atom. The van der Waals surface area contributed by atoms with Gasteiger partial charge in [0, 0.05) is 42.9 Å². The van der Waals surface area contributed by atoms with Gasteiger partial charge in [-0.15, -0.1) is 0 Å². The molecule has 1 aromatic heterocycles. The summed E-state index contributed by atoms with van der Waals surface area (Å²) in [7, 11) is 3.42. The highest BCUT2D eigenvalue weighted by atomic mass is 32.2. The molecule has 3 heterocycles. The number of nitrogens with zero attached hydrogens (tertiary/aromatic N) is 4. The molecule has 7 nitrogen and oxygen atoms in total. The summed E-state index contributed by atoms with van der Waals surface area (Å²) in [5, 5.41) is 0.666. The second-order valence-corrected chi connectivity index (χ2v) is 9.43. The van der Waals surface area contributed by atoms with Crippen LogP contribution in [0.2, 0.25) is 0 Å². The van der Waals surface area contributed by atoms with Gasteiger partial charge in [-0.05, 0) is 85.4 Å². The molecule has 0 saturated carbocycles. The van der Waals surface area contributed by atoms with Crippen molar-refractivity contribution in [3.05, 3.63) is 77.0 Å². The Kier molecular flexibility index (Phi) is 6.66. The number of amidine groups is 1. The van der Waals surface area contributed by atoms with Crippen molar-refractivity contribution in [3.8, 4) is 11.4 Å². The van der Waals surface area contributed by atoms with Crippen LogP contribution < -0.4 is 9.64 Å². The number of hydrogen-bond acceptors (Lipinski definition) is 6. The molecule has 35 heavy (non-hydrogen) atoms. The van der Waals surface area contributed by atoms with Crippen LogP contribution in [-0.2, 0) is 9.53 Å². The zero-order valence-electron chi connectivity index (χ0n) is 20.1. The molecule has 0 unspecified atom stereocenters. The monoisotopic (exact) mass is 488 g/mol. The van der Waals surface area contributed by atoms with Crippen LogP contribution in [0.4, 0.5) is 11.4 Å². The number of carbonyl (C=O) groups excluding carboxylic acids is 1. The van der Waals surface area contributed by atoms with Gasteiger partial charge in [0.1, 0.15) is 5.75 Å². The second-order valence-electron chi connectivity index (χ2n) is 8.42. The number of ether oxygens (including phenoxy) is 2. The molecule has 0 aliphatic carbocycles. The highest BCUT2D eigenvalue weighted by Gasteiger charge is 2.30. The molecular formula is C27H28N4O3S. The minimum absolute atomic E-state index is 0.0566. The first-order valence-corrected chi connectivity index (χ1v) is 12.4. The number of aryl methyl sites for hydroxylation is 1. The largest absolute Gasteiger partial charge is 0.497 e. The maximum atomic E-state index is 13.0. The second kappa shape index (κ2) is 10.0. The van der Waals surface area contributed by atoms with Gasteiger partial charge in [-0.1, -0.05) is 0 Å². The van der Waals surface area contributed by atoms with Crippen LogP contribution in [0.15, 0.2) is 70.6 Å². The summed E-state index contributed by atoms with van der Waals surface area (Å²) in [5.41, 5.74) is 5.02. The number of rotatable bonds is 5. The van der Waals surface area contributed by atoms with E-state index in [2.05, 4.69) is 34.6 Å². The molecule has 180 valence electrons. The van der Waals surface area contributed by atoms with E-state index >= 15 is 0 Å². The van der Waals surface area contributed by atoms with Gasteiger partial charge in [0.2, 0.25) is 0 Å². The quantitative estimate of drug-likeness (QED) is 0.480. The minimum Gasteiger partial charge on any atom is -0.497 e. The Labute approximate surface area is 209 Å². The summed E-state index contributed by atoms with van der Waals surface area (Å²) in [4.78, 5) is 22.3. The van der Waals surface area contributed by atoms with E-state index in [0.717, 1.165) is 60.5 Å². The van der Waals surface area contributed by atoms with E-state index in [4.69, 9.17) is 14.5 Å². The number of amides is 1. The third-order valence-electron chi connectivity index (χ3n) is 6.17. The predicted molar refractivity (Wildman–Crippen MR) is 142 cm³/mol. The molecule has 3 aromatic rings. The van der Waals surface area contributed by atoms with E-state index in [-0.39, 0.29) is 5.91 Å². The van der Waals surface area contributed by atoms with Crippen LogP contribution in [-0.4, -0.2) is 61.0 Å². The molecule has 2 aromatic carbocycles. The Hall–Kier alpha value is -3.49. The first-order valence-electron chi connectivity index (χ1n) is 11.6. The van der Waals surface area contributed by atoms with E-state index in [1.54, 1.807) is 19.1 Å². The number of anilines is 1. The summed E-state index contributed by atoms with van der Waals surface area (Å²) in [5.74, 6) is 0.749. The van der Waals surface area contributed by atoms with E-state index in [0.29, 0.717) is 10.1 Å². The molecule has 2 aliphatic rings. The zero-order valence-corrected chi connectivity index (χ0v) is 20.9. The van der Waals surface area contributed by atoms with Gasteiger partial charge < -0.3 is 18.9 Å². The van der Waals surface area contributed by atoms with Crippen LogP contribution >= 0.6 is 11.8 Å². The average Bonchev–Trinajstić information content (AvgIpc) is 3.39. The number of aromatic nitrogens is 1. The van der Waals surface area contributed by atoms with Gasteiger partial charge in [-0.3, -0.25) is 9.69 Å². The molecule has 5 rings (SSSR count). The average molecular weight is 489 g/mol. The number of thioether (sulfide) groups is 1. The smallest absolute Gasteiger partial charge is 0.266 e. The molecule has 0 spiro atoms. The van der Waals surface area contributed by atoms with E-state index in [9.17, 15) is 4.79 Å². The lowest BCUT2D eigenvalue weighted by atomic mass is 10.2. The molecule has 0 bridgehead atoms. The lowest BCUT2D eigenvalue weighted by molar-refractivity contribution is -0.121. The van der Waals surface area contributed by atoms with Crippen LogP contribution in [0, 0.1) is 6.92 Å². The van der Waals surface area contributed by atoms with Crippen LogP contribution in [0.1, 0.15) is 11.4 Å². The Morgan fingerprint density at radius 1 is 0.971 bits per heavy atom.